The van der Waals surface area contributed by atoms with E-state index in [9.17, 15) is 4.79 Å². The Hall–Kier alpha value is -0.990. The number of rotatable bonds is 4. The van der Waals surface area contributed by atoms with Gasteiger partial charge in [0.05, 0.1) is 6.61 Å². The van der Waals surface area contributed by atoms with Crippen molar-refractivity contribution in [3.05, 3.63) is 12.3 Å². The van der Waals surface area contributed by atoms with Gasteiger partial charge >= 0.3 is 5.97 Å². The summed E-state index contributed by atoms with van der Waals surface area (Å²) in [5.74, 6) is -0.268. The van der Waals surface area contributed by atoms with Crippen LogP contribution in [0.15, 0.2) is 12.3 Å². The predicted octanol–water partition coefficient (Wildman–Crippen LogP) is 1.99. The summed E-state index contributed by atoms with van der Waals surface area (Å²) in [6, 6.07) is 0.550. The summed E-state index contributed by atoms with van der Waals surface area (Å²) in [7, 11) is 0. The van der Waals surface area contributed by atoms with Crippen molar-refractivity contribution in [2.45, 2.75) is 45.1 Å². The fraction of sp³-hybridized carbons (Fsp3) is 0.727. The van der Waals surface area contributed by atoms with Crippen molar-refractivity contribution >= 4 is 5.97 Å². The lowest BCUT2D eigenvalue weighted by Crippen LogP contribution is -2.26. The fourth-order valence-corrected chi connectivity index (χ4v) is 1.71. The molecule has 3 nitrogen and oxygen atoms in total. The van der Waals surface area contributed by atoms with E-state index in [0.29, 0.717) is 12.6 Å². The van der Waals surface area contributed by atoms with Crippen LogP contribution in [0.5, 0.6) is 0 Å². The molecule has 1 N–H and O–H groups in total. The Kier molecular flexibility index (Phi) is 5.12. The molecule has 0 aliphatic heterocycles. The molecule has 0 saturated heterocycles. The molecule has 0 unspecified atom stereocenters. The van der Waals surface area contributed by atoms with E-state index in [1.807, 2.05) is 0 Å². The zero-order valence-electron chi connectivity index (χ0n) is 8.79. The van der Waals surface area contributed by atoms with Crippen molar-refractivity contribution in [2.24, 2.45) is 0 Å². The Balaban J connectivity index is 2.14. The standard InChI is InChI=1S/C11H19NO2/c1-2-14-11(13)8-9-12-10-6-4-3-5-7-10/h8-10,12H,2-7H2,1H3/b9-8+. The third-order valence-electron chi connectivity index (χ3n) is 2.44. The number of hydrogen-bond donors (Lipinski definition) is 1. The molecule has 1 saturated carbocycles. The molecular formula is C11H19NO2. The maximum atomic E-state index is 10.9. The van der Waals surface area contributed by atoms with Gasteiger partial charge in [-0.1, -0.05) is 19.3 Å². The number of esters is 1. The Morgan fingerprint density at radius 1 is 1.43 bits per heavy atom. The summed E-state index contributed by atoms with van der Waals surface area (Å²) in [6.45, 7) is 2.24. The summed E-state index contributed by atoms with van der Waals surface area (Å²) >= 11 is 0. The summed E-state index contributed by atoms with van der Waals surface area (Å²) in [5, 5.41) is 3.23. The first-order chi connectivity index (χ1) is 6.83. The molecule has 80 valence electrons. The largest absolute Gasteiger partial charge is 0.463 e. The number of hydrogen-bond acceptors (Lipinski definition) is 3. The van der Waals surface area contributed by atoms with Crippen molar-refractivity contribution < 1.29 is 9.53 Å². The predicted molar refractivity (Wildman–Crippen MR) is 55.8 cm³/mol. The van der Waals surface area contributed by atoms with Gasteiger partial charge in [-0.25, -0.2) is 4.79 Å². The first-order valence-electron chi connectivity index (χ1n) is 5.42. The summed E-state index contributed by atoms with van der Waals surface area (Å²) in [5.41, 5.74) is 0. The van der Waals surface area contributed by atoms with Gasteiger partial charge in [0.15, 0.2) is 0 Å². The average molecular weight is 197 g/mol. The lowest BCUT2D eigenvalue weighted by atomic mass is 9.96. The molecule has 1 fully saturated rings. The van der Waals surface area contributed by atoms with Crippen molar-refractivity contribution in [3.63, 3.8) is 0 Å². The fourth-order valence-electron chi connectivity index (χ4n) is 1.71. The van der Waals surface area contributed by atoms with Crippen LogP contribution in [0.25, 0.3) is 0 Å². The molecule has 0 radical (unpaired) electrons. The van der Waals surface area contributed by atoms with Gasteiger partial charge in [-0.3, -0.25) is 0 Å². The van der Waals surface area contributed by atoms with Gasteiger partial charge in [-0.2, -0.15) is 0 Å². The van der Waals surface area contributed by atoms with Gasteiger partial charge in [-0.05, 0) is 19.8 Å². The Bertz CT molecular complexity index is 195. The molecule has 0 aromatic carbocycles. The first kappa shape index (κ1) is 11.1. The lowest BCUT2D eigenvalue weighted by molar-refractivity contribution is -0.137. The van der Waals surface area contributed by atoms with Crippen LogP contribution >= 0.6 is 0 Å². The highest BCUT2D eigenvalue weighted by atomic mass is 16.5. The van der Waals surface area contributed by atoms with Gasteiger partial charge in [0, 0.05) is 18.3 Å². The smallest absolute Gasteiger partial charge is 0.332 e. The molecule has 0 aromatic rings. The number of nitrogens with one attached hydrogen (secondary N) is 1. The summed E-state index contributed by atoms with van der Waals surface area (Å²) in [6.07, 6.45) is 9.54. The van der Waals surface area contributed by atoms with Crippen LogP contribution in [-0.4, -0.2) is 18.6 Å². The highest BCUT2D eigenvalue weighted by Crippen LogP contribution is 2.17. The van der Waals surface area contributed by atoms with E-state index in [1.165, 1.54) is 38.2 Å². The highest BCUT2D eigenvalue weighted by molar-refractivity contribution is 5.81. The summed E-state index contributed by atoms with van der Waals surface area (Å²) < 4.78 is 4.77. The lowest BCUT2D eigenvalue weighted by Gasteiger charge is -2.21. The van der Waals surface area contributed by atoms with E-state index in [1.54, 1.807) is 13.1 Å². The minimum atomic E-state index is -0.268. The molecule has 1 rings (SSSR count). The average Bonchev–Trinajstić information content (AvgIpc) is 2.20. The van der Waals surface area contributed by atoms with Gasteiger partial charge in [-0.15, -0.1) is 0 Å². The zero-order chi connectivity index (χ0) is 10.2. The van der Waals surface area contributed by atoms with Crippen molar-refractivity contribution in [1.82, 2.24) is 5.32 Å². The van der Waals surface area contributed by atoms with Gasteiger partial charge in [0.2, 0.25) is 0 Å². The van der Waals surface area contributed by atoms with Gasteiger partial charge < -0.3 is 10.1 Å². The van der Waals surface area contributed by atoms with Crippen LogP contribution in [0.1, 0.15) is 39.0 Å². The Morgan fingerprint density at radius 3 is 2.79 bits per heavy atom. The Labute approximate surface area is 85.5 Å². The second-order valence-corrected chi connectivity index (χ2v) is 3.59. The van der Waals surface area contributed by atoms with Crippen LogP contribution < -0.4 is 5.32 Å². The molecule has 0 aromatic heterocycles. The van der Waals surface area contributed by atoms with Gasteiger partial charge in [0.25, 0.3) is 0 Å². The van der Waals surface area contributed by atoms with Crippen LogP contribution in [0, 0.1) is 0 Å². The molecule has 0 spiro atoms. The van der Waals surface area contributed by atoms with Crippen molar-refractivity contribution in [2.75, 3.05) is 6.61 Å². The second-order valence-electron chi connectivity index (χ2n) is 3.59. The molecule has 1 aliphatic carbocycles. The van der Waals surface area contributed by atoms with Crippen molar-refractivity contribution in [1.29, 1.82) is 0 Å². The van der Waals surface area contributed by atoms with Crippen LogP contribution in [0.4, 0.5) is 0 Å². The number of carbonyl (C=O) groups is 1. The topological polar surface area (TPSA) is 38.3 Å². The Morgan fingerprint density at radius 2 is 2.14 bits per heavy atom. The third-order valence-corrected chi connectivity index (χ3v) is 2.44. The van der Waals surface area contributed by atoms with E-state index in [0.717, 1.165) is 0 Å². The monoisotopic (exact) mass is 197 g/mol. The maximum absolute atomic E-state index is 10.9. The molecular weight excluding hydrogens is 178 g/mol. The van der Waals surface area contributed by atoms with Crippen LogP contribution in [0.2, 0.25) is 0 Å². The van der Waals surface area contributed by atoms with E-state index < -0.39 is 0 Å². The minimum Gasteiger partial charge on any atom is -0.463 e. The maximum Gasteiger partial charge on any atom is 0.332 e. The van der Waals surface area contributed by atoms with Crippen LogP contribution in [0.3, 0.4) is 0 Å². The minimum absolute atomic E-state index is 0.268. The highest BCUT2D eigenvalue weighted by Gasteiger charge is 2.10. The second kappa shape index (κ2) is 6.46. The van der Waals surface area contributed by atoms with Gasteiger partial charge in [0.1, 0.15) is 0 Å². The molecule has 0 heterocycles. The first-order valence-corrected chi connectivity index (χ1v) is 5.42. The van der Waals surface area contributed by atoms with E-state index in [-0.39, 0.29) is 5.97 Å². The molecule has 3 heteroatoms. The molecule has 1 aliphatic rings. The molecule has 0 amide bonds. The molecule has 0 bridgehead atoms. The zero-order valence-corrected chi connectivity index (χ0v) is 8.79. The quantitative estimate of drug-likeness (QED) is 0.553. The molecule has 0 atom stereocenters. The number of ether oxygens (including phenoxy) is 1. The van der Waals surface area contributed by atoms with Crippen molar-refractivity contribution in [3.8, 4) is 0 Å². The van der Waals surface area contributed by atoms with E-state index in [2.05, 4.69) is 5.32 Å². The van der Waals surface area contributed by atoms with E-state index >= 15 is 0 Å². The molecule has 14 heavy (non-hydrogen) atoms. The number of carbonyl (C=O) groups excluding carboxylic acids is 1. The summed E-state index contributed by atoms with van der Waals surface area (Å²) in [4.78, 5) is 10.9. The third kappa shape index (κ3) is 4.30. The van der Waals surface area contributed by atoms with E-state index in [4.69, 9.17) is 4.74 Å². The normalized spacial score (nSPS) is 18.4. The SMILES string of the molecule is CCOC(=O)/C=C/NC1CCCCC1. The van der Waals surface area contributed by atoms with Crippen LogP contribution in [-0.2, 0) is 9.53 Å².